The van der Waals surface area contributed by atoms with Gasteiger partial charge in [-0.1, -0.05) is 30.4 Å². The smallest absolute Gasteiger partial charge is 0.303 e. The number of benzene rings is 2. The molecule has 0 bridgehead atoms. The van der Waals surface area contributed by atoms with Crippen molar-refractivity contribution in [2.75, 3.05) is 178 Å². The zero-order valence-corrected chi connectivity index (χ0v) is 50.8. The van der Waals surface area contributed by atoms with Crippen LogP contribution in [-0.4, -0.2) is 220 Å². The summed E-state index contributed by atoms with van der Waals surface area (Å²) in [6.45, 7) is 16.2. The highest BCUT2D eigenvalue weighted by molar-refractivity contribution is 7.86. The summed E-state index contributed by atoms with van der Waals surface area (Å²) >= 11 is 0. The van der Waals surface area contributed by atoms with E-state index in [1.807, 2.05) is 63.3 Å². The molecule has 0 spiro atoms. The third-order valence-corrected chi connectivity index (χ3v) is 15.5. The van der Waals surface area contributed by atoms with Crippen LogP contribution < -0.4 is 4.90 Å². The average molecular weight is 1210 g/mol. The molecule has 0 radical (unpaired) electrons. The third-order valence-electron chi connectivity index (χ3n) is 13.9. The van der Waals surface area contributed by atoms with Crippen LogP contribution in [0.4, 0.5) is 11.4 Å². The number of methoxy groups -OCH3 is 2. The Bertz CT molecular complexity index is 2610. The summed E-state index contributed by atoms with van der Waals surface area (Å²) in [7, 11) is -6.29. The van der Waals surface area contributed by atoms with Crippen molar-refractivity contribution in [1.82, 2.24) is 0 Å². The molecular formula is C59H89N2O20S2-. The van der Waals surface area contributed by atoms with E-state index in [1.54, 1.807) is 26.4 Å². The first kappa shape index (κ1) is 71.2. The first-order valence-electron chi connectivity index (χ1n) is 28.4. The Labute approximate surface area is 491 Å². The molecule has 22 nitrogen and oxygen atoms in total. The third kappa shape index (κ3) is 24.9. The predicted octanol–water partition coefficient (Wildman–Crippen LogP) is 6.09. The normalized spacial score (nSPS) is 17.9. The van der Waals surface area contributed by atoms with Crippen LogP contribution in [0.15, 0.2) is 94.4 Å². The number of hydrogen-bond acceptors (Lipinski definition) is 20. The molecule has 468 valence electrons. The van der Waals surface area contributed by atoms with Gasteiger partial charge in [-0.25, -0.2) is 16.8 Å². The van der Waals surface area contributed by atoms with Crippen molar-refractivity contribution >= 4 is 43.3 Å². The van der Waals surface area contributed by atoms with Crippen LogP contribution in [0.1, 0.15) is 70.4 Å². The molecule has 2 aromatic carbocycles. The maximum atomic E-state index is 12.4. The minimum Gasteiger partial charge on any atom is -0.744 e. The molecule has 2 heterocycles. The molecule has 2 atom stereocenters. The summed E-state index contributed by atoms with van der Waals surface area (Å²) in [6, 6.07) is 8.91. The van der Waals surface area contributed by atoms with Crippen molar-refractivity contribution in [2.45, 2.75) is 79.9 Å². The van der Waals surface area contributed by atoms with E-state index in [9.17, 15) is 35.8 Å². The number of unbranched alkanes of at least 4 members (excludes halogenated alkanes) is 2. The van der Waals surface area contributed by atoms with Gasteiger partial charge in [-0.15, -0.1) is 0 Å². The number of carbonyl (C=O) groups is 1. The number of carboxylic acid groups (broad SMARTS) is 1. The molecule has 0 saturated heterocycles. The van der Waals surface area contributed by atoms with Crippen molar-refractivity contribution in [1.29, 1.82) is 0 Å². The molecule has 2 unspecified atom stereocenters. The Balaban J connectivity index is 1.43. The lowest BCUT2D eigenvalue weighted by Crippen LogP contribution is -2.33. The first-order chi connectivity index (χ1) is 40.0. The van der Waals surface area contributed by atoms with E-state index < -0.39 is 37.0 Å². The number of ether oxygens (including phenoxy) is 12. The van der Waals surface area contributed by atoms with E-state index >= 15 is 0 Å². The van der Waals surface area contributed by atoms with Crippen LogP contribution >= 0.6 is 0 Å². The second kappa shape index (κ2) is 39.4. The number of rotatable bonds is 49. The number of hydrogen-bond donors (Lipinski definition) is 1. The standard InChI is InChI=1S/C59H90N2O20S2/c1-6-60-53-20-18-49(82(64,65)66)47-51(53)58(2,22-25-72-31-33-76-39-41-80-45-43-78-37-35-74-29-27-70-4)55(60)15-11-8-7-9-12-16-56-59(3,23-26-73-32-34-77-40-42-81-46-44-79-38-36-75-30-28-71-5)52-48-50(83(67,68)69)19-21-54(52)61(56)24-14-10-13-17-57(62)63/h7-9,11-12,15-16,18-21,47-48H,6,10,13-14,17,22-46H2,1-5H3,(H2-,62,63,64,65,66,67,68,69)/p-1. The molecular weight excluding hydrogens is 1120 g/mol. The highest BCUT2D eigenvalue weighted by Crippen LogP contribution is 2.50. The molecule has 24 heteroatoms. The number of carboxylic acids is 1. The van der Waals surface area contributed by atoms with E-state index in [2.05, 4.69) is 9.48 Å². The summed E-state index contributed by atoms with van der Waals surface area (Å²) < 4.78 is 142. The van der Waals surface area contributed by atoms with E-state index in [1.165, 1.54) is 24.3 Å². The molecule has 1 N–H and O–H groups in total. The number of fused-ring (bicyclic) bond motifs is 2. The summed E-state index contributed by atoms with van der Waals surface area (Å²) in [4.78, 5) is 12.7. The maximum Gasteiger partial charge on any atom is 0.303 e. The van der Waals surface area contributed by atoms with Crippen LogP contribution in [0.2, 0.25) is 0 Å². The monoisotopic (exact) mass is 1210 g/mol. The van der Waals surface area contributed by atoms with Gasteiger partial charge in [0.15, 0.2) is 5.71 Å². The van der Waals surface area contributed by atoms with Crippen LogP contribution in [0.25, 0.3) is 0 Å². The minimum atomic E-state index is -4.79. The Kier molecular flexibility index (Phi) is 33.8. The minimum absolute atomic E-state index is 0.0452. The average Bonchev–Trinajstić information content (AvgIpc) is 2.08. The molecule has 0 amide bonds. The van der Waals surface area contributed by atoms with Gasteiger partial charge in [-0.05, 0) is 88.4 Å². The SMILES string of the molecule is CCN1/C(=C/C=C/C=C/C=C/C2=[N+](CCCCCC(=O)O)c3ccc(S(=O)(=O)[O-])cc3C2(C)CCOCCOCCOCCOCCOCCOC)C(C)(CCOCCOCCOCCOCCOCCOC)c2cc(S(=O)(=O)[O-])ccc21. The second-order valence-electron chi connectivity index (χ2n) is 19.7. The fraction of sp³-hybridized carbons (Fsp3) is 0.627. The second-order valence-corrected chi connectivity index (χ2v) is 22.5. The van der Waals surface area contributed by atoms with Crippen LogP contribution in [0.5, 0.6) is 0 Å². The molecule has 0 aliphatic carbocycles. The van der Waals surface area contributed by atoms with Crippen molar-refractivity contribution in [3.05, 3.63) is 95.8 Å². The van der Waals surface area contributed by atoms with Gasteiger partial charge in [0, 0.05) is 81.3 Å². The van der Waals surface area contributed by atoms with Gasteiger partial charge in [-0.2, -0.15) is 4.58 Å². The van der Waals surface area contributed by atoms with Gasteiger partial charge in [0.05, 0.1) is 147 Å². The maximum absolute atomic E-state index is 12.4. The van der Waals surface area contributed by atoms with Crippen LogP contribution in [0.3, 0.4) is 0 Å². The molecule has 2 aliphatic rings. The Hall–Kier alpha value is -4.32. The first-order valence-corrected chi connectivity index (χ1v) is 31.2. The number of nitrogens with zero attached hydrogens (tertiary/aromatic N) is 2. The van der Waals surface area contributed by atoms with Crippen LogP contribution in [-0.2, 0) is 92.7 Å². The summed E-state index contributed by atoms with van der Waals surface area (Å²) in [6.07, 6.45) is 16.0. The topological polar surface area (TPSA) is 269 Å². The molecule has 0 saturated carbocycles. The van der Waals surface area contributed by atoms with Gasteiger partial charge in [-0.3, -0.25) is 4.79 Å². The fourth-order valence-electron chi connectivity index (χ4n) is 9.49. The summed E-state index contributed by atoms with van der Waals surface area (Å²) in [5.41, 5.74) is 3.08. The van der Waals surface area contributed by atoms with E-state index in [0.717, 1.165) is 22.8 Å². The zero-order chi connectivity index (χ0) is 60.2. The highest BCUT2D eigenvalue weighted by Gasteiger charge is 2.48. The zero-order valence-electron chi connectivity index (χ0n) is 49.1. The number of likely N-dealkylation sites (N-methyl/N-ethyl adjacent to an activating group) is 1. The lowest BCUT2D eigenvalue weighted by Gasteiger charge is -2.30. The molecule has 2 aromatic rings. The molecule has 2 aliphatic heterocycles. The lowest BCUT2D eigenvalue weighted by atomic mass is 9.76. The van der Waals surface area contributed by atoms with Crippen LogP contribution in [0, 0.1) is 0 Å². The van der Waals surface area contributed by atoms with Gasteiger partial charge in [0.25, 0.3) is 0 Å². The van der Waals surface area contributed by atoms with Gasteiger partial charge >= 0.3 is 5.97 Å². The van der Waals surface area contributed by atoms with Gasteiger partial charge in [0.2, 0.25) is 5.69 Å². The quantitative estimate of drug-likeness (QED) is 0.0340. The van der Waals surface area contributed by atoms with Gasteiger partial charge < -0.3 is 76.0 Å². The van der Waals surface area contributed by atoms with Crippen molar-refractivity contribution in [2.24, 2.45) is 0 Å². The van der Waals surface area contributed by atoms with Crippen molar-refractivity contribution in [3.8, 4) is 0 Å². The van der Waals surface area contributed by atoms with E-state index in [4.69, 9.17) is 56.8 Å². The highest BCUT2D eigenvalue weighted by atomic mass is 32.2. The van der Waals surface area contributed by atoms with Crippen molar-refractivity contribution < 1.29 is 97.3 Å². The lowest BCUT2D eigenvalue weighted by molar-refractivity contribution is -0.438. The number of allylic oxidation sites excluding steroid dienone is 8. The number of anilines is 1. The summed E-state index contributed by atoms with van der Waals surface area (Å²) in [5, 5.41) is 9.26. The van der Waals surface area contributed by atoms with Gasteiger partial charge in [0.1, 0.15) is 26.8 Å². The predicted molar refractivity (Wildman–Crippen MR) is 309 cm³/mol. The Morgan fingerprint density at radius 1 is 0.542 bits per heavy atom. The van der Waals surface area contributed by atoms with E-state index in [-0.39, 0.29) is 22.8 Å². The largest absolute Gasteiger partial charge is 0.744 e. The molecule has 0 fully saturated rings. The Morgan fingerprint density at radius 2 is 0.952 bits per heavy atom. The fourth-order valence-corrected chi connectivity index (χ4v) is 10.5. The van der Waals surface area contributed by atoms with E-state index in [0.29, 0.717) is 195 Å². The Morgan fingerprint density at radius 3 is 1.40 bits per heavy atom. The molecule has 4 rings (SSSR count). The number of aliphatic carboxylic acids is 1. The summed E-state index contributed by atoms with van der Waals surface area (Å²) in [5.74, 6) is -0.868. The molecule has 0 aromatic heterocycles. The molecule has 83 heavy (non-hydrogen) atoms. The van der Waals surface area contributed by atoms with Crippen molar-refractivity contribution in [3.63, 3.8) is 0 Å².